The zero-order valence-corrected chi connectivity index (χ0v) is 11.2. The standard InChI is InChI=1S/C10H21N3O2S/c1-10(2,3)15-9(14)13-7-5-6-12-8(16)11-4/h5-7H2,1-4H3,(H,13,14)(H2,11,12,16). The van der Waals surface area contributed by atoms with Crippen LogP contribution in [0.4, 0.5) is 4.79 Å². The van der Waals surface area contributed by atoms with E-state index in [4.69, 9.17) is 17.0 Å². The van der Waals surface area contributed by atoms with Gasteiger partial charge in [0, 0.05) is 20.1 Å². The van der Waals surface area contributed by atoms with Crippen LogP contribution >= 0.6 is 12.2 Å². The minimum absolute atomic E-state index is 0.385. The van der Waals surface area contributed by atoms with Gasteiger partial charge in [0.1, 0.15) is 5.60 Å². The predicted octanol–water partition coefficient (Wildman–Crippen LogP) is 0.995. The van der Waals surface area contributed by atoms with Crippen molar-refractivity contribution in [1.82, 2.24) is 16.0 Å². The summed E-state index contributed by atoms with van der Waals surface area (Å²) in [5.74, 6) is 0. The van der Waals surface area contributed by atoms with E-state index < -0.39 is 5.60 Å². The lowest BCUT2D eigenvalue weighted by Crippen LogP contribution is -2.36. The fourth-order valence-electron chi connectivity index (χ4n) is 0.883. The molecule has 0 unspecified atom stereocenters. The molecule has 0 radical (unpaired) electrons. The maximum atomic E-state index is 11.2. The van der Waals surface area contributed by atoms with Gasteiger partial charge in [-0.15, -0.1) is 0 Å². The van der Waals surface area contributed by atoms with E-state index in [0.717, 1.165) is 13.0 Å². The van der Waals surface area contributed by atoms with E-state index >= 15 is 0 Å². The van der Waals surface area contributed by atoms with Gasteiger partial charge < -0.3 is 20.7 Å². The summed E-state index contributed by atoms with van der Waals surface area (Å²) in [6.07, 6.45) is 0.407. The van der Waals surface area contributed by atoms with Crippen LogP contribution in [0.2, 0.25) is 0 Å². The Bertz CT molecular complexity index is 239. The molecular weight excluding hydrogens is 226 g/mol. The molecule has 0 heterocycles. The summed E-state index contributed by atoms with van der Waals surface area (Å²) in [7, 11) is 1.76. The lowest BCUT2D eigenvalue weighted by atomic mass is 10.2. The van der Waals surface area contributed by atoms with Crippen LogP contribution in [-0.4, -0.2) is 36.9 Å². The summed E-state index contributed by atoms with van der Waals surface area (Å²) in [6, 6.07) is 0. The molecule has 0 spiro atoms. The summed E-state index contributed by atoms with van der Waals surface area (Å²) in [5, 5.41) is 9.06. The number of nitrogens with one attached hydrogen (secondary N) is 3. The van der Waals surface area contributed by atoms with Crippen molar-refractivity contribution >= 4 is 23.4 Å². The highest BCUT2D eigenvalue weighted by Gasteiger charge is 2.15. The molecule has 1 amide bonds. The number of ether oxygens (including phenoxy) is 1. The molecular formula is C10H21N3O2S. The first-order valence-corrected chi connectivity index (χ1v) is 5.68. The average molecular weight is 247 g/mol. The maximum Gasteiger partial charge on any atom is 0.407 e. The SMILES string of the molecule is CNC(=S)NCCCNC(=O)OC(C)(C)C. The molecule has 0 bridgehead atoms. The Morgan fingerprint density at radius 2 is 1.81 bits per heavy atom. The van der Waals surface area contributed by atoms with Crippen LogP contribution in [0.15, 0.2) is 0 Å². The number of alkyl carbamates (subject to hydrolysis) is 1. The zero-order chi connectivity index (χ0) is 12.6. The maximum absolute atomic E-state index is 11.2. The predicted molar refractivity (Wildman–Crippen MR) is 68.5 cm³/mol. The molecule has 0 fully saturated rings. The first kappa shape index (κ1) is 15.0. The summed E-state index contributed by atoms with van der Waals surface area (Å²) < 4.78 is 5.08. The molecule has 94 valence electrons. The van der Waals surface area contributed by atoms with Crippen molar-refractivity contribution in [3.63, 3.8) is 0 Å². The van der Waals surface area contributed by atoms with Gasteiger partial charge in [-0.2, -0.15) is 0 Å². The number of amides is 1. The van der Waals surface area contributed by atoms with E-state index in [9.17, 15) is 4.79 Å². The number of rotatable bonds is 4. The quantitative estimate of drug-likeness (QED) is 0.511. The molecule has 0 aliphatic rings. The van der Waals surface area contributed by atoms with E-state index in [0.29, 0.717) is 11.7 Å². The fourth-order valence-corrected chi connectivity index (χ4v) is 0.985. The molecule has 3 N–H and O–H groups in total. The van der Waals surface area contributed by atoms with Gasteiger partial charge in [0.05, 0.1) is 0 Å². The second-order valence-electron chi connectivity index (χ2n) is 4.29. The van der Waals surface area contributed by atoms with Crippen LogP contribution in [-0.2, 0) is 4.74 Å². The molecule has 0 aliphatic heterocycles. The summed E-state index contributed by atoms with van der Waals surface area (Å²) >= 11 is 4.89. The van der Waals surface area contributed by atoms with Crippen LogP contribution in [0.1, 0.15) is 27.2 Å². The zero-order valence-electron chi connectivity index (χ0n) is 10.3. The molecule has 5 nitrogen and oxygen atoms in total. The van der Waals surface area contributed by atoms with E-state index in [-0.39, 0.29) is 6.09 Å². The van der Waals surface area contributed by atoms with E-state index in [1.165, 1.54) is 0 Å². The van der Waals surface area contributed by atoms with Crippen LogP contribution < -0.4 is 16.0 Å². The highest BCUT2D eigenvalue weighted by Crippen LogP contribution is 2.06. The average Bonchev–Trinajstić information content (AvgIpc) is 2.14. The molecule has 0 aromatic carbocycles. The Hall–Kier alpha value is -1.04. The number of thiocarbonyl (C=S) groups is 1. The van der Waals surface area contributed by atoms with Gasteiger partial charge in [0.15, 0.2) is 5.11 Å². The van der Waals surface area contributed by atoms with Gasteiger partial charge in [0.2, 0.25) is 0 Å². The van der Waals surface area contributed by atoms with Crippen LogP contribution in [0.25, 0.3) is 0 Å². The highest BCUT2D eigenvalue weighted by atomic mass is 32.1. The first-order chi connectivity index (χ1) is 7.35. The largest absolute Gasteiger partial charge is 0.444 e. The van der Waals surface area contributed by atoms with Crippen molar-refractivity contribution in [1.29, 1.82) is 0 Å². The van der Waals surface area contributed by atoms with Crippen LogP contribution in [0, 0.1) is 0 Å². The molecule has 0 rings (SSSR count). The lowest BCUT2D eigenvalue weighted by molar-refractivity contribution is 0.0527. The molecule has 16 heavy (non-hydrogen) atoms. The molecule has 0 aromatic rings. The Morgan fingerprint density at radius 1 is 1.25 bits per heavy atom. The van der Waals surface area contributed by atoms with Crippen molar-refractivity contribution in [2.75, 3.05) is 20.1 Å². The van der Waals surface area contributed by atoms with Gasteiger partial charge in [-0.3, -0.25) is 0 Å². The number of hydrogen-bond donors (Lipinski definition) is 3. The highest BCUT2D eigenvalue weighted by molar-refractivity contribution is 7.80. The smallest absolute Gasteiger partial charge is 0.407 e. The van der Waals surface area contributed by atoms with E-state index in [2.05, 4.69) is 16.0 Å². The van der Waals surface area contributed by atoms with Gasteiger partial charge in [0.25, 0.3) is 0 Å². The Kier molecular flexibility index (Phi) is 6.80. The van der Waals surface area contributed by atoms with Gasteiger partial charge >= 0.3 is 6.09 Å². The summed E-state index contributed by atoms with van der Waals surface area (Å²) in [6.45, 7) is 6.78. The van der Waals surface area contributed by atoms with Crippen molar-refractivity contribution in [3.05, 3.63) is 0 Å². The number of carbonyl (C=O) groups excluding carboxylic acids is 1. The van der Waals surface area contributed by atoms with Crippen molar-refractivity contribution in [2.24, 2.45) is 0 Å². The third kappa shape index (κ3) is 9.51. The second kappa shape index (κ2) is 7.27. The van der Waals surface area contributed by atoms with Crippen LogP contribution in [0.5, 0.6) is 0 Å². The monoisotopic (exact) mass is 247 g/mol. The Balaban J connectivity index is 3.45. The normalized spacial score (nSPS) is 10.5. The van der Waals surface area contributed by atoms with Crippen LogP contribution in [0.3, 0.4) is 0 Å². The lowest BCUT2D eigenvalue weighted by Gasteiger charge is -2.19. The van der Waals surface area contributed by atoms with Gasteiger partial charge in [-0.1, -0.05) is 0 Å². The molecule has 6 heteroatoms. The third-order valence-corrected chi connectivity index (χ3v) is 1.88. The van der Waals surface area contributed by atoms with E-state index in [1.54, 1.807) is 7.05 Å². The van der Waals surface area contributed by atoms with E-state index in [1.807, 2.05) is 20.8 Å². The van der Waals surface area contributed by atoms with Crippen molar-refractivity contribution in [3.8, 4) is 0 Å². The molecule has 0 saturated carbocycles. The number of hydrogen-bond acceptors (Lipinski definition) is 3. The topological polar surface area (TPSA) is 62.4 Å². The third-order valence-electron chi connectivity index (χ3n) is 1.53. The minimum atomic E-state index is -0.448. The first-order valence-electron chi connectivity index (χ1n) is 5.27. The molecule has 0 atom stereocenters. The summed E-state index contributed by atoms with van der Waals surface area (Å²) in [4.78, 5) is 11.2. The fraction of sp³-hybridized carbons (Fsp3) is 0.800. The van der Waals surface area contributed by atoms with Crippen molar-refractivity contribution in [2.45, 2.75) is 32.8 Å². The Labute approximate surface area is 102 Å². The number of carbonyl (C=O) groups is 1. The van der Waals surface area contributed by atoms with Crippen molar-refractivity contribution < 1.29 is 9.53 Å². The second-order valence-corrected chi connectivity index (χ2v) is 4.70. The summed E-state index contributed by atoms with van der Waals surface area (Å²) in [5.41, 5.74) is -0.448. The van der Waals surface area contributed by atoms with Gasteiger partial charge in [-0.25, -0.2) is 4.79 Å². The molecule has 0 aliphatic carbocycles. The minimum Gasteiger partial charge on any atom is -0.444 e. The Morgan fingerprint density at radius 3 is 2.31 bits per heavy atom. The van der Waals surface area contributed by atoms with Gasteiger partial charge in [-0.05, 0) is 39.4 Å². The molecule has 0 saturated heterocycles. The molecule has 0 aromatic heterocycles.